The second-order valence-corrected chi connectivity index (χ2v) is 6.27. The Hall–Kier alpha value is -1.51. The second-order valence-electron chi connectivity index (χ2n) is 6.27. The number of benzene rings is 1. The summed E-state index contributed by atoms with van der Waals surface area (Å²) < 4.78 is 0. The van der Waals surface area contributed by atoms with Crippen molar-refractivity contribution in [2.24, 2.45) is 10.9 Å². The van der Waals surface area contributed by atoms with E-state index >= 15 is 0 Å². The first-order valence-corrected chi connectivity index (χ1v) is 8.21. The van der Waals surface area contributed by atoms with E-state index in [2.05, 4.69) is 59.4 Å². The third-order valence-electron chi connectivity index (χ3n) is 4.40. The minimum Gasteiger partial charge on any atom is -0.356 e. The molecule has 2 atom stereocenters. The van der Waals surface area contributed by atoms with Crippen molar-refractivity contribution in [3.05, 3.63) is 35.9 Å². The van der Waals surface area contributed by atoms with E-state index in [4.69, 9.17) is 0 Å². The Morgan fingerprint density at radius 2 is 2.14 bits per heavy atom. The number of guanidine groups is 1. The summed E-state index contributed by atoms with van der Waals surface area (Å²) in [5.74, 6) is 2.43. The molecular weight excluding hydrogens is 258 g/mol. The molecule has 1 aliphatic heterocycles. The van der Waals surface area contributed by atoms with Gasteiger partial charge in [-0.05, 0) is 36.7 Å². The Kier molecular flexibility index (Phi) is 6.09. The number of rotatable bonds is 4. The van der Waals surface area contributed by atoms with E-state index in [0.29, 0.717) is 5.92 Å². The summed E-state index contributed by atoms with van der Waals surface area (Å²) in [6, 6.07) is 10.7. The number of hydrogen-bond acceptors (Lipinski definition) is 1. The first-order valence-electron chi connectivity index (χ1n) is 8.21. The van der Waals surface area contributed by atoms with Crippen molar-refractivity contribution in [3.63, 3.8) is 0 Å². The molecule has 0 aliphatic carbocycles. The van der Waals surface area contributed by atoms with E-state index in [-0.39, 0.29) is 0 Å². The van der Waals surface area contributed by atoms with Crippen molar-refractivity contribution in [1.29, 1.82) is 0 Å². The molecule has 1 aliphatic rings. The highest BCUT2D eigenvalue weighted by Gasteiger charge is 2.19. The number of nitrogens with one attached hydrogen (secondary N) is 1. The van der Waals surface area contributed by atoms with Gasteiger partial charge in [-0.3, -0.25) is 4.99 Å². The zero-order valence-electron chi connectivity index (χ0n) is 13.7. The van der Waals surface area contributed by atoms with Crippen LogP contribution in [0.1, 0.15) is 44.6 Å². The van der Waals surface area contributed by atoms with Crippen LogP contribution in [0.4, 0.5) is 0 Å². The standard InChI is InChI=1S/C18H29N3/c1-15-8-7-13-21(14-15)18(19-3)20-12-11-16(2)17-9-5-4-6-10-17/h4-6,9-10,15-16H,7-8,11-14H2,1-3H3,(H,19,20). The monoisotopic (exact) mass is 287 g/mol. The van der Waals surface area contributed by atoms with Gasteiger partial charge in [0.25, 0.3) is 0 Å². The van der Waals surface area contributed by atoms with E-state index in [1.165, 1.54) is 18.4 Å². The van der Waals surface area contributed by atoms with Crippen LogP contribution in [0, 0.1) is 5.92 Å². The molecule has 1 saturated heterocycles. The zero-order chi connectivity index (χ0) is 15.1. The van der Waals surface area contributed by atoms with Gasteiger partial charge in [0.1, 0.15) is 0 Å². The van der Waals surface area contributed by atoms with E-state index in [1.54, 1.807) is 0 Å². The van der Waals surface area contributed by atoms with Gasteiger partial charge < -0.3 is 10.2 Å². The predicted molar refractivity (Wildman–Crippen MR) is 90.8 cm³/mol. The Balaban J connectivity index is 1.78. The fourth-order valence-corrected chi connectivity index (χ4v) is 3.06. The Labute approximate surface area is 129 Å². The molecule has 0 radical (unpaired) electrons. The van der Waals surface area contributed by atoms with Gasteiger partial charge in [-0.2, -0.15) is 0 Å². The van der Waals surface area contributed by atoms with Crippen molar-refractivity contribution in [1.82, 2.24) is 10.2 Å². The molecule has 1 aromatic carbocycles. The highest BCUT2D eigenvalue weighted by atomic mass is 15.3. The molecule has 0 aromatic heterocycles. The fourth-order valence-electron chi connectivity index (χ4n) is 3.06. The van der Waals surface area contributed by atoms with Crippen LogP contribution in [-0.4, -0.2) is 37.5 Å². The van der Waals surface area contributed by atoms with Gasteiger partial charge in [0.2, 0.25) is 0 Å². The van der Waals surface area contributed by atoms with Crippen LogP contribution < -0.4 is 5.32 Å². The van der Waals surface area contributed by atoms with Gasteiger partial charge >= 0.3 is 0 Å². The minimum absolute atomic E-state index is 0.581. The smallest absolute Gasteiger partial charge is 0.193 e. The molecule has 0 spiro atoms. The first-order chi connectivity index (χ1) is 10.2. The lowest BCUT2D eigenvalue weighted by Crippen LogP contribution is -2.46. The van der Waals surface area contributed by atoms with Crippen molar-refractivity contribution >= 4 is 5.96 Å². The maximum absolute atomic E-state index is 4.45. The van der Waals surface area contributed by atoms with Gasteiger partial charge in [-0.15, -0.1) is 0 Å². The van der Waals surface area contributed by atoms with Gasteiger partial charge in [-0.25, -0.2) is 0 Å². The molecule has 21 heavy (non-hydrogen) atoms. The minimum atomic E-state index is 0.581. The summed E-state index contributed by atoms with van der Waals surface area (Å²) in [6.45, 7) is 7.87. The van der Waals surface area contributed by atoms with E-state index in [1.807, 2.05) is 7.05 Å². The SMILES string of the molecule is CN=C(NCCC(C)c1ccccc1)N1CCCC(C)C1. The van der Waals surface area contributed by atoms with Gasteiger partial charge in [-0.1, -0.05) is 44.2 Å². The van der Waals surface area contributed by atoms with E-state index in [0.717, 1.165) is 37.9 Å². The van der Waals surface area contributed by atoms with Crippen molar-refractivity contribution in [2.45, 2.75) is 39.0 Å². The van der Waals surface area contributed by atoms with Crippen LogP contribution >= 0.6 is 0 Å². The molecule has 2 rings (SSSR count). The van der Waals surface area contributed by atoms with Crippen LogP contribution in [0.5, 0.6) is 0 Å². The number of aliphatic imine (C=N–C) groups is 1. The Morgan fingerprint density at radius 3 is 2.81 bits per heavy atom. The molecule has 116 valence electrons. The summed E-state index contributed by atoms with van der Waals surface area (Å²) in [5.41, 5.74) is 1.42. The lowest BCUT2D eigenvalue weighted by atomic mass is 9.98. The third kappa shape index (κ3) is 4.76. The van der Waals surface area contributed by atoms with Crippen LogP contribution in [-0.2, 0) is 0 Å². The molecule has 1 N–H and O–H groups in total. The molecule has 3 heteroatoms. The van der Waals surface area contributed by atoms with Crippen LogP contribution in [0.3, 0.4) is 0 Å². The van der Waals surface area contributed by atoms with Gasteiger partial charge in [0.05, 0.1) is 0 Å². The molecular formula is C18H29N3. The molecule has 1 aromatic rings. The number of piperidine rings is 1. The maximum Gasteiger partial charge on any atom is 0.193 e. The normalized spacial score (nSPS) is 21.2. The third-order valence-corrected chi connectivity index (χ3v) is 4.40. The highest BCUT2D eigenvalue weighted by molar-refractivity contribution is 5.79. The molecule has 0 amide bonds. The van der Waals surface area contributed by atoms with Gasteiger partial charge in [0, 0.05) is 26.7 Å². The molecule has 1 fully saturated rings. The summed E-state index contributed by atoms with van der Waals surface area (Å²) >= 11 is 0. The largest absolute Gasteiger partial charge is 0.356 e. The van der Waals surface area contributed by atoms with Crippen molar-refractivity contribution < 1.29 is 0 Å². The Morgan fingerprint density at radius 1 is 1.38 bits per heavy atom. The van der Waals surface area contributed by atoms with E-state index < -0.39 is 0 Å². The van der Waals surface area contributed by atoms with Crippen molar-refractivity contribution in [2.75, 3.05) is 26.7 Å². The molecule has 0 saturated carbocycles. The maximum atomic E-state index is 4.45. The molecule has 2 unspecified atom stereocenters. The highest BCUT2D eigenvalue weighted by Crippen LogP contribution is 2.18. The second kappa shape index (κ2) is 8.06. The molecule has 0 bridgehead atoms. The number of nitrogens with zero attached hydrogens (tertiary/aromatic N) is 2. The van der Waals surface area contributed by atoms with Crippen LogP contribution in [0.25, 0.3) is 0 Å². The summed E-state index contributed by atoms with van der Waals surface area (Å²) in [6.07, 6.45) is 3.76. The summed E-state index contributed by atoms with van der Waals surface area (Å²) in [4.78, 5) is 6.85. The molecule has 1 heterocycles. The predicted octanol–water partition coefficient (Wildman–Crippen LogP) is 3.49. The Bertz CT molecular complexity index is 441. The van der Waals surface area contributed by atoms with Crippen LogP contribution in [0.15, 0.2) is 35.3 Å². The average molecular weight is 287 g/mol. The summed E-state index contributed by atoms with van der Waals surface area (Å²) in [7, 11) is 1.89. The average Bonchev–Trinajstić information content (AvgIpc) is 2.52. The van der Waals surface area contributed by atoms with Crippen molar-refractivity contribution in [3.8, 4) is 0 Å². The first kappa shape index (κ1) is 15.9. The fraction of sp³-hybridized carbons (Fsp3) is 0.611. The number of likely N-dealkylation sites (tertiary alicyclic amines) is 1. The lowest BCUT2D eigenvalue weighted by Gasteiger charge is -2.33. The number of hydrogen-bond donors (Lipinski definition) is 1. The zero-order valence-corrected chi connectivity index (χ0v) is 13.7. The quantitative estimate of drug-likeness (QED) is 0.678. The lowest BCUT2D eigenvalue weighted by molar-refractivity contribution is 0.266. The molecule has 3 nitrogen and oxygen atoms in total. The van der Waals surface area contributed by atoms with Crippen LogP contribution in [0.2, 0.25) is 0 Å². The van der Waals surface area contributed by atoms with Gasteiger partial charge in [0.15, 0.2) is 5.96 Å². The topological polar surface area (TPSA) is 27.6 Å². The van der Waals surface area contributed by atoms with E-state index in [9.17, 15) is 0 Å². The summed E-state index contributed by atoms with van der Waals surface area (Å²) in [5, 5.41) is 3.54.